The standard InChI is InChI=1S/C20H13N3O3S2/c24-18-16(11-12-6-7-14-15(10-12)22-9-8-21-14)28-20(27)23(18)17(19(25)26)13-4-2-1-3-5-13/h1-11,17H,(H,25,26)/b16-11+/t17-/m0/s1. The number of fused-ring (bicyclic) bond motifs is 1. The Balaban J connectivity index is 1.69. The van der Waals surface area contributed by atoms with Crippen LogP contribution in [0.15, 0.2) is 65.8 Å². The first kappa shape index (κ1) is 18.3. The Morgan fingerprint density at radius 1 is 1.11 bits per heavy atom. The van der Waals surface area contributed by atoms with E-state index in [-0.39, 0.29) is 4.32 Å². The maximum atomic E-state index is 13.0. The van der Waals surface area contributed by atoms with Crippen LogP contribution < -0.4 is 0 Å². The van der Waals surface area contributed by atoms with Gasteiger partial charge in [0.05, 0.1) is 15.9 Å². The Kier molecular flexibility index (Phi) is 4.89. The van der Waals surface area contributed by atoms with E-state index < -0.39 is 17.9 Å². The topological polar surface area (TPSA) is 83.4 Å². The molecular weight excluding hydrogens is 394 g/mol. The van der Waals surface area contributed by atoms with Crippen LogP contribution in [0.3, 0.4) is 0 Å². The van der Waals surface area contributed by atoms with Crippen molar-refractivity contribution in [2.45, 2.75) is 6.04 Å². The number of carbonyl (C=O) groups is 2. The highest BCUT2D eigenvalue weighted by atomic mass is 32.2. The quantitative estimate of drug-likeness (QED) is 0.522. The Morgan fingerprint density at radius 2 is 1.82 bits per heavy atom. The zero-order valence-corrected chi connectivity index (χ0v) is 16.0. The highest BCUT2D eigenvalue weighted by Gasteiger charge is 2.41. The summed E-state index contributed by atoms with van der Waals surface area (Å²) in [5.74, 6) is -1.56. The molecule has 0 saturated carbocycles. The van der Waals surface area contributed by atoms with Crippen molar-refractivity contribution in [1.82, 2.24) is 14.9 Å². The first-order chi connectivity index (χ1) is 13.5. The molecule has 2 aromatic carbocycles. The van der Waals surface area contributed by atoms with Crippen molar-refractivity contribution in [3.8, 4) is 0 Å². The molecule has 1 aliphatic heterocycles. The molecule has 3 aromatic rings. The molecule has 0 unspecified atom stereocenters. The van der Waals surface area contributed by atoms with Gasteiger partial charge in [0.1, 0.15) is 4.32 Å². The number of hydrogen-bond donors (Lipinski definition) is 1. The largest absolute Gasteiger partial charge is 0.479 e. The SMILES string of the molecule is O=C(O)[C@H](c1ccccc1)N1C(=O)/C(=C\c2ccc3nccnc3c2)SC1=S. The van der Waals surface area contributed by atoms with Crippen LogP contribution in [0.2, 0.25) is 0 Å². The van der Waals surface area contributed by atoms with E-state index in [9.17, 15) is 14.7 Å². The second-order valence-corrected chi connectivity index (χ2v) is 7.68. The Morgan fingerprint density at radius 3 is 2.54 bits per heavy atom. The minimum Gasteiger partial charge on any atom is -0.479 e. The molecule has 1 aromatic heterocycles. The summed E-state index contributed by atoms with van der Waals surface area (Å²) in [5.41, 5.74) is 2.72. The number of carboxylic acid groups (broad SMARTS) is 1. The molecule has 2 heterocycles. The van der Waals surface area contributed by atoms with Gasteiger partial charge in [-0.05, 0) is 29.3 Å². The molecule has 1 saturated heterocycles. The monoisotopic (exact) mass is 407 g/mol. The molecule has 0 spiro atoms. The van der Waals surface area contributed by atoms with E-state index in [1.165, 1.54) is 0 Å². The van der Waals surface area contributed by atoms with Crippen LogP contribution in [-0.2, 0) is 9.59 Å². The van der Waals surface area contributed by atoms with E-state index in [4.69, 9.17) is 12.2 Å². The number of thioether (sulfide) groups is 1. The van der Waals surface area contributed by atoms with Gasteiger partial charge in [0.2, 0.25) is 0 Å². The first-order valence-corrected chi connectivity index (χ1v) is 9.52. The fourth-order valence-electron chi connectivity index (χ4n) is 2.96. The highest BCUT2D eigenvalue weighted by molar-refractivity contribution is 8.26. The summed E-state index contributed by atoms with van der Waals surface area (Å²) >= 11 is 6.42. The van der Waals surface area contributed by atoms with Crippen molar-refractivity contribution < 1.29 is 14.7 Å². The van der Waals surface area contributed by atoms with Gasteiger partial charge in [-0.2, -0.15) is 0 Å². The summed E-state index contributed by atoms with van der Waals surface area (Å²) in [7, 11) is 0. The molecule has 28 heavy (non-hydrogen) atoms. The number of carbonyl (C=O) groups excluding carboxylic acids is 1. The third kappa shape index (κ3) is 3.39. The lowest BCUT2D eigenvalue weighted by atomic mass is 10.1. The van der Waals surface area contributed by atoms with E-state index in [0.717, 1.165) is 27.7 Å². The zero-order chi connectivity index (χ0) is 19.7. The predicted octanol–water partition coefficient (Wildman–Crippen LogP) is 3.66. The molecule has 1 fully saturated rings. The number of thiocarbonyl (C=S) groups is 1. The van der Waals surface area contributed by atoms with Crippen LogP contribution in [0, 0.1) is 0 Å². The van der Waals surface area contributed by atoms with Gasteiger partial charge < -0.3 is 5.11 Å². The molecule has 0 radical (unpaired) electrons. The van der Waals surface area contributed by atoms with E-state index in [1.807, 2.05) is 18.2 Å². The van der Waals surface area contributed by atoms with Gasteiger partial charge in [0.25, 0.3) is 5.91 Å². The Bertz CT molecular complexity index is 1130. The first-order valence-electron chi connectivity index (χ1n) is 8.30. The average molecular weight is 407 g/mol. The lowest BCUT2D eigenvalue weighted by Crippen LogP contribution is -2.37. The number of hydrogen-bond acceptors (Lipinski definition) is 6. The van der Waals surface area contributed by atoms with Gasteiger partial charge in [0.15, 0.2) is 6.04 Å². The number of carboxylic acids is 1. The second-order valence-electron chi connectivity index (χ2n) is 6.01. The van der Waals surface area contributed by atoms with E-state index >= 15 is 0 Å². The van der Waals surface area contributed by atoms with Crippen LogP contribution >= 0.6 is 24.0 Å². The fourth-order valence-corrected chi connectivity index (χ4v) is 4.27. The van der Waals surface area contributed by atoms with Gasteiger partial charge >= 0.3 is 5.97 Å². The maximum Gasteiger partial charge on any atom is 0.331 e. The number of amides is 1. The van der Waals surface area contributed by atoms with Crippen LogP contribution in [0.1, 0.15) is 17.2 Å². The number of aromatic nitrogens is 2. The third-order valence-electron chi connectivity index (χ3n) is 4.22. The van der Waals surface area contributed by atoms with Crippen molar-refractivity contribution in [3.63, 3.8) is 0 Å². The van der Waals surface area contributed by atoms with Crippen LogP contribution in [0.5, 0.6) is 0 Å². The lowest BCUT2D eigenvalue weighted by molar-refractivity contribution is -0.145. The normalized spacial score (nSPS) is 16.7. The van der Waals surface area contributed by atoms with Gasteiger partial charge in [0, 0.05) is 12.4 Å². The number of nitrogens with zero attached hydrogens (tertiary/aromatic N) is 3. The molecule has 0 bridgehead atoms. The minimum absolute atomic E-state index is 0.216. The molecule has 0 aliphatic carbocycles. The Hall–Kier alpha value is -3.10. The van der Waals surface area contributed by atoms with Crippen molar-refractivity contribution in [3.05, 3.63) is 77.0 Å². The Labute approximate surface area is 169 Å². The fraction of sp³-hybridized carbons (Fsp3) is 0.0500. The smallest absolute Gasteiger partial charge is 0.331 e. The van der Waals surface area contributed by atoms with Crippen molar-refractivity contribution >= 4 is 57.3 Å². The average Bonchev–Trinajstić information content (AvgIpc) is 2.96. The molecule has 1 atom stereocenters. The van der Waals surface area contributed by atoms with E-state index in [2.05, 4.69) is 9.97 Å². The van der Waals surface area contributed by atoms with Gasteiger partial charge in [-0.3, -0.25) is 19.7 Å². The highest BCUT2D eigenvalue weighted by Crippen LogP contribution is 2.38. The van der Waals surface area contributed by atoms with Crippen LogP contribution in [0.25, 0.3) is 17.1 Å². The van der Waals surface area contributed by atoms with Crippen molar-refractivity contribution in [2.24, 2.45) is 0 Å². The molecule has 1 N–H and O–H groups in total. The summed E-state index contributed by atoms with van der Waals surface area (Å²) in [6, 6.07) is 12.9. The molecule has 1 amide bonds. The number of aliphatic carboxylic acids is 1. The molecule has 8 heteroatoms. The maximum absolute atomic E-state index is 13.0. The van der Waals surface area contributed by atoms with Crippen molar-refractivity contribution in [1.29, 1.82) is 0 Å². The molecule has 1 aliphatic rings. The van der Waals surface area contributed by atoms with Gasteiger partial charge in [-0.15, -0.1) is 0 Å². The summed E-state index contributed by atoms with van der Waals surface area (Å²) in [6.45, 7) is 0. The molecule has 138 valence electrons. The summed E-state index contributed by atoms with van der Waals surface area (Å²) in [5, 5.41) is 9.72. The minimum atomic E-state index is -1.16. The van der Waals surface area contributed by atoms with E-state index in [1.54, 1.807) is 48.8 Å². The molecule has 6 nitrogen and oxygen atoms in total. The van der Waals surface area contributed by atoms with E-state index in [0.29, 0.717) is 16.0 Å². The number of benzene rings is 2. The lowest BCUT2D eigenvalue weighted by Gasteiger charge is -2.23. The van der Waals surface area contributed by atoms with Gasteiger partial charge in [-0.1, -0.05) is 60.4 Å². The van der Waals surface area contributed by atoms with Crippen LogP contribution in [-0.4, -0.2) is 36.2 Å². The summed E-state index contributed by atoms with van der Waals surface area (Å²) in [6.07, 6.45) is 4.91. The second kappa shape index (κ2) is 7.49. The summed E-state index contributed by atoms with van der Waals surface area (Å²) < 4.78 is 0.216. The predicted molar refractivity (Wildman–Crippen MR) is 111 cm³/mol. The van der Waals surface area contributed by atoms with Gasteiger partial charge in [-0.25, -0.2) is 4.79 Å². The summed E-state index contributed by atoms with van der Waals surface area (Å²) in [4.78, 5) is 34.9. The zero-order valence-electron chi connectivity index (χ0n) is 14.4. The molecular formula is C20H13N3O3S2. The van der Waals surface area contributed by atoms with Crippen molar-refractivity contribution in [2.75, 3.05) is 0 Å². The third-order valence-corrected chi connectivity index (χ3v) is 5.55. The van der Waals surface area contributed by atoms with Crippen LogP contribution in [0.4, 0.5) is 0 Å². The molecule has 4 rings (SSSR count). The number of rotatable bonds is 4.